The molecule has 2 aliphatic heterocycles. The highest BCUT2D eigenvalue weighted by Gasteiger charge is 2.20. The van der Waals surface area contributed by atoms with E-state index in [1.165, 1.54) is 30.4 Å². The molecule has 2 aliphatic rings. The van der Waals surface area contributed by atoms with Gasteiger partial charge in [-0.2, -0.15) is 0 Å². The van der Waals surface area contributed by atoms with Crippen molar-refractivity contribution in [1.82, 2.24) is 25.9 Å². The van der Waals surface area contributed by atoms with Gasteiger partial charge in [0, 0.05) is 47.5 Å². The summed E-state index contributed by atoms with van der Waals surface area (Å²) in [5, 5.41) is 10.3. The summed E-state index contributed by atoms with van der Waals surface area (Å²) in [5.41, 5.74) is 5.35. The smallest absolute Gasteiger partial charge is 0.180 e. The van der Waals surface area contributed by atoms with Gasteiger partial charge in [0.25, 0.3) is 0 Å². The van der Waals surface area contributed by atoms with Crippen molar-refractivity contribution < 1.29 is 18.8 Å². The fourth-order valence-electron chi connectivity index (χ4n) is 4.24. The lowest BCUT2D eigenvalue weighted by molar-refractivity contribution is 0.342. The van der Waals surface area contributed by atoms with Crippen LogP contribution in [0, 0.1) is 19.7 Å². The van der Waals surface area contributed by atoms with Gasteiger partial charge in [-0.1, -0.05) is 25.1 Å². The Kier molecular flexibility index (Phi) is 13.6. The summed E-state index contributed by atoms with van der Waals surface area (Å²) in [6, 6.07) is 12.5. The number of hydrogen-bond donors (Lipinski definition) is 5. The van der Waals surface area contributed by atoms with Crippen molar-refractivity contribution in [3.63, 3.8) is 0 Å². The van der Waals surface area contributed by atoms with E-state index in [2.05, 4.69) is 37.0 Å². The molecule has 11 heteroatoms. The first-order valence-corrected chi connectivity index (χ1v) is 13.3. The van der Waals surface area contributed by atoms with E-state index in [9.17, 15) is 4.39 Å². The first-order chi connectivity index (χ1) is 18.5. The standard InChI is InChI=1S/C20H23FN6O.C8H10OS.CH4.H2O/c21-15-5-3-14(4-6-15)18-19(23-10-11-28-13-25-18)17-7-9-24-20(27-17)26-16-2-1-8-22-12-16;1-6-3-4-8(10-9)7(2)5-6;;/h3-7,9-11,13,16,20,22-23,26-27H,1-2,8,12H2;3-5,9H,1-2H3;1H4;1H2/t16-,20?;;;/m1.../s1. The zero-order valence-electron chi connectivity index (χ0n) is 21.9. The molecule has 40 heavy (non-hydrogen) atoms. The second-order valence-electron chi connectivity index (χ2n) is 9.04. The zero-order valence-corrected chi connectivity index (χ0v) is 22.8. The molecule has 0 amide bonds. The van der Waals surface area contributed by atoms with E-state index in [1.807, 2.05) is 32.1 Å². The molecule has 9 nitrogen and oxygen atoms in total. The monoisotopic (exact) mass is 570 g/mol. The van der Waals surface area contributed by atoms with Crippen LogP contribution in [0.25, 0.3) is 17.0 Å². The molecule has 2 aromatic carbocycles. The molecule has 1 fully saturated rings. The Morgan fingerprint density at radius 3 is 2.65 bits per heavy atom. The molecule has 0 radical (unpaired) electrons. The van der Waals surface area contributed by atoms with E-state index >= 15 is 0 Å². The van der Waals surface area contributed by atoms with Crippen LogP contribution >= 0.6 is 12.0 Å². The van der Waals surface area contributed by atoms with Crippen LogP contribution in [0.4, 0.5) is 4.39 Å². The number of piperidine rings is 1. The summed E-state index contributed by atoms with van der Waals surface area (Å²) in [6.07, 6.45) is 10.2. The number of rotatable bonds is 5. The van der Waals surface area contributed by atoms with Gasteiger partial charge in [-0.05, 0) is 75.2 Å². The SMILES string of the molecule is C.Cc1ccc(SO)c(C)c1.Fc1ccc(-c2ncocc[nH]c2C2=CC=NC(N[C@@H]3CCCNC3)N2)cc1.O. The van der Waals surface area contributed by atoms with Crippen molar-refractivity contribution in [2.24, 2.45) is 4.99 Å². The number of allylic oxidation sites excluding steroid dienone is 1. The lowest BCUT2D eigenvalue weighted by atomic mass is 10.1. The van der Waals surface area contributed by atoms with E-state index in [0.717, 1.165) is 65.4 Å². The molecule has 5 rings (SSSR count). The first-order valence-electron chi connectivity index (χ1n) is 12.5. The van der Waals surface area contributed by atoms with Gasteiger partial charge < -0.3 is 30.1 Å². The highest BCUT2D eigenvalue weighted by atomic mass is 32.2. The lowest BCUT2D eigenvalue weighted by Gasteiger charge is -2.29. The Morgan fingerprint density at radius 1 is 1.15 bits per heavy atom. The van der Waals surface area contributed by atoms with Crippen LogP contribution in [0.2, 0.25) is 0 Å². The fourth-order valence-corrected chi connectivity index (χ4v) is 4.57. The first kappa shape index (κ1) is 32.7. The van der Waals surface area contributed by atoms with Gasteiger partial charge >= 0.3 is 0 Å². The third-order valence-electron chi connectivity index (χ3n) is 6.13. The van der Waals surface area contributed by atoms with Gasteiger partial charge in [0.05, 0.1) is 17.1 Å². The average Bonchev–Trinajstić information content (AvgIpc) is 2.91. The maximum atomic E-state index is 13.4. The van der Waals surface area contributed by atoms with Crippen molar-refractivity contribution in [3.05, 3.63) is 90.0 Å². The number of halogens is 1. The summed E-state index contributed by atoms with van der Waals surface area (Å²) < 4.78 is 27.3. The summed E-state index contributed by atoms with van der Waals surface area (Å²) in [6.45, 7) is 6.03. The van der Waals surface area contributed by atoms with Crippen LogP contribution in [0.15, 0.2) is 81.7 Å². The van der Waals surface area contributed by atoms with Crippen molar-refractivity contribution in [2.45, 2.75) is 51.3 Å². The van der Waals surface area contributed by atoms with E-state index in [4.69, 9.17) is 8.97 Å². The van der Waals surface area contributed by atoms with Crippen LogP contribution in [-0.2, 0) is 0 Å². The summed E-state index contributed by atoms with van der Waals surface area (Å²) in [5.74, 6) is -0.294. The Bertz CT molecular complexity index is 1300. The Morgan fingerprint density at radius 2 is 1.95 bits per heavy atom. The highest BCUT2D eigenvalue weighted by Crippen LogP contribution is 2.24. The number of aromatic nitrogens is 2. The van der Waals surface area contributed by atoms with Gasteiger partial charge in [0.1, 0.15) is 12.1 Å². The predicted octanol–water partition coefficient (Wildman–Crippen LogP) is 5.25. The summed E-state index contributed by atoms with van der Waals surface area (Å²) in [4.78, 5) is 13.1. The Labute approximate surface area is 239 Å². The number of nitrogens with one attached hydrogen (secondary N) is 4. The number of H-pyrrole nitrogens is 1. The maximum Gasteiger partial charge on any atom is 0.180 e. The second kappa shape index (κ2) is 16.6. The normalized spacial score (nSPS) is 17.6. The van der Waals surface area contributed by atoms with Crippen LogP contribution < -0.4 is 16.0 Å². The molecule has 216 valence electrons. The Hall–Kier alpha value is -3.48. The van der Waals surface area contributed by atoms with Crippen LogP contribution in [0.5, 0.6) is 0 Å². The third kappa shape index (κ3) is 9.32. The van der Waals surface area contributed by atoms with Crippen molar-refractivity contribution in [3.8, 4) is 11.3 Å². The summed E-state index contributed by atoms with van der Waals surface area (Å²) >= 11 is 0.804. The van der Waals surface area contributed by atoms with Gasteiger partial charge in [0.2, 0.25) is 0 Å². The van der Waals surface area contributed by atoms with Crippen molar-refractivity contribution >= 4 is 24.0 Å². The molecule has 7 N–H and O–H groups in total. The van der Waals surface area contributed by atoms with E-state index in [-0.39, 0.29) is 25.0 Å². The zero-order chi connectivity index (χ0) is 26.7. The van der Waals surface area contributed by atoms with Gasteiger partial charge in [-0.15, -0.1) is 0 Å². The second-order valence-corrected chi connectivity index (χ2v) is 9.67. The highest BCUT2D eigenvalue weighted by molar-refractivity contribution is 7.93. The molecule has 3 heterocycles. The molecule has 1 aromatic heterocycles. The molecule has 0 aliphatic carbocycles. The molecular weight excluding hydrogens is 531 g/mol. The van der Waals surface area contributed by atoms with Crippen molar-refractivity contribution in [1.29, 1.82) is 0 Å². The van der Waals surface area contributed by atoms with Crippen molar-refractivity contribution in [2.75, 3.05) is 13.1 Å². The van der Waals surface area contributed by atoms with Crippen LogP contribution in [0.3, 0.4) is 0 Å². The largest absolute Gasteiger partial charge is 0.452 e. The minimum atomic E-state index is -0.294. The van der Waals surface area contributed by atoms with Gasteiger partial charge in [0.15, 0.2) is 12.7 Å². The maximum absolute atomic E-state index is 13.4. The number of benzene rings is 2. The van der Waals surface area contributed by atoms with Gasteiger partial charge in [-0.3, -0.25) is 10.3 Å². The molecule has 0 bridgehead atoms. The molecule has 3 aromatic rings. The van der Waals surface area contributed by atoms with E-state index in [1.54, 1.807) is 24.5 Å². The molecule has 1 saturated heterocycles. The number of nitrogens with zero attached hydrogens (tertiary/aromatic N) is 2. The predicted molar refractivity (Wildman–Crippen MR) is 161 cm³/mol. The minimum Gasteiger partial charge on any atom is -0.452 e. The van der Waals surface area contributed by atoms with Crippen LogP contribution in [0.1, 0.15) is 37.1 Å². The summed E-state index contributed by atoms with van der Waals surface area (Å²) in [7, 11) is 0. The number of aryl methyl sites for hydroxylation is 2. The quantitative estimate of drug-likeness (QED) is 0.264. The lowest BCUT2D eigenvalue weighted by Crippen LogP contribution is -2.52. The topological polar surface area (TPSA) is 142 Å². The molecule has 2 atom stereocenters. The average molecular weight is 571 g/mol. The van der Waals surface area contributed by atoms with Crippen LogP contribution in [-0.4, -0.2) is 51.6 Å². The Balaban J connectivity index is 0.000000399. The van der Waals surface area contributed by atoms with E-state index in [0.29, 0.717) is 11.7 Å². The third-order valence-corrected chi connectivity index (χ3v) is 6.78. The minimum absolute atomic E-state index is 0. The van der Waals surface area contributed by atoms with E-state index < -0.39 is 0 Å². The molecule has 0 saturated carbocycles. The fraction of sp³-hybridized carbons (Fsp3) is 0.310. The molecular formula is C29H39FN6O3S. The van der Waals surface area contributed by atoms with Gasteiger partial charge in [-0.25, -0.2) is 9.37 Å². The molecule has 0 spiro atoms. The molecule has 1 unspecified atom stereocenters. The number of aromatic amines is 1. The number of hydrogen-bond acceptors (Lipinski definition) is 8. The number of aliphatic imine (C=N–C) groups is 1.